The van der Waals surface area contributed by atoms with Crippen molar-refractivity contribution in [1.29, 1.82) is 0 Å². The zero-order valence-corrected chi connectivity index (χ0v) is 12.1. The van der Waals surface area contributed by atoms with Crippen molar-refractivity contribution in [2.75, 3.05) is 26.2 Å². The zero-order chi connectivity index (χ0) is 14.0. The van der Waals surface area contributed by atoms with Gasteiger partial charge in [0.2, 0.25) is 0 Å². The van der Waals surface area contributed by atoms with Crippen molar-refractivity contribution in [3.63, 3.8) is 0 Å². The van der Waals surface area contributed by atoms with E-state index in [0.29, 0.717) is 13.2 Å². The SMILES string of the molecule is O=C(O)C1CN(CC2CCC3(CCCCC3)O2)CCO1. The van der Waals surface area contributed by atoms with E-state index in [9.17, 15) is 4.79 Å². The lowest BCUT2D eigenvalue weighted by molar-refractivity contribution is -0.157. The first kappa shape index (κ1) is 14.3. The summed E-state index contributed by atoms with van der Waals surface area (Å²) in [5.41, 5.74) is 0.154. The summed E-state index contributed by atoms with van der Waals surface area (Å²) < 4.78 is 11.6. The number of nitrogens with zero attached hydrogens (tertiary/aromatic N) is 1. The number of hydrogen-bond acceptors (Lipinski definition) is 4. The maximum absolute atomic E-state index is 11.0. The van der Waals surface area contributed by atoms with Crippen LogP contribution in [0.25, 0.3) is 0 Å². The monoisotopic (exact) mass is 283 g/mol. The van der Waals surface area contributed by atoms with Crippen molar-refractivity contribution in [3.05, 3.63) is 0 Å². The highest BCUT2D eigenvalue weighted by Gasteiger charge is 2.41. The summed E-state index contributed by atoms with van der Waals surface area (Å²) in [6.07, 6.45) is 8.28. The highest BCUT2D eigenvalue weighted by molar-refractivity contribution is 5.72. The number of carboxylic acid groups (broad SMARTS) is 1. The standard InChI is InChI=1S/C15H25NO4/c17-14(18)13-11-16(8-9-19-13)10-12-4-7-15(20-12)5-2-1-3-6-15/h12-13H,1-11H2,(H,17,18). The molecule has 5 heteroatoms. The molecule has 2 aliphatic heterocycles. The number of carbonyl (C=O) groups is 1. The number of hydrogen-bond donors (Lipinski definition) is 1. The minimum Gasteiger partial charge on any atom is -0.479 e. The maximum Gasteiger partial charge on any atom is 0.334 e. The Balaban J connectivity index is 1.50. The first-order chi connectivity index (χ1) is 9.67. The average Bonchev–Trinajstić information content (AvgIpc) is 2.82. The lowest BCUT2D eigenvalue weighted by Gasteiger charge is -2.35. The number of ether oxygens (including phenoxy) is 2. The van der Waals surface area contributed by atoms with E-state index in [1.165, 1.54) is 38.5 Å². The molecule has 2 atom stereocenters. The minimum absolute atomic E-state index is 0.154. The van der Waals surface area contributed by atoms with Gasteiger partial charge in [-0.25, -0.2) is 4.79 Å². The Labute approximate surface area is 120 Å². The molecular weight excluding hydrogens is 258 g/mol. The van der Waals surface area contributed by atoms with E-state index in [-0.39, 0.29) is 11.7 Å². The zero-order valence-electron chi connectivity index (χ0n) is 12.1. The molecule has 3 rings (SSSR count). The number of aliphatic carboxylic acids is 1. The molecule has 0 aromatic carbocycles. The molecule has 2 heterocycles. The molecule has 1 aliphatic carbocycles. The van der Waals surface area contributed by atoms with Crippen LogP contribution in [0.3, 0.4) is 0 Å². The van der Waals surface area contributed by atoms with Crippen LogP contribution in [0.2, 0.25) is 0 Å². The second-order valence-electron chi connectivity index (χ2n) is 6.48. The Bertz CT molecular complexity index is 354. The average molecular weight is 283 g/mol. The number of carboxylic acids is 1. The van der Waals surface area contributed by atoms with Gasteiger partial charge in [-0.2, -0.15) is 0 Å². The van der Waals surface area contributed by atoms with Crippen LogP contribution in [0.4, 0.5) is 0 Å². The molecule has 0 bridgehead atoms. The van der Waals surface area contributed by atoms with Crippen LogP contribution in [-0.2, 0) is 14.3 Å². The van der Waals surface area contributed by atoms with Crippen molar-refractivity contribution >= 4 is 5.97 Å². The lowest BCUT2D eigenvalue weighted by atomic mass is 9.83. The summed E-state index contributed by atoms with van der Waals surface area (Å²) in [5.74, 6) is -0.856. The molecule has 0 aromatic heterocycles. The van der Waals surface area contributed by atoms with Crippen molar-refractivity contribution in [1.82, 2.24) is 4.90 Å². The summed E-state index contributed by atoms with van der Waals surface area (Å²) in [6, 6.07) is 0. The van der Waals surface area contributed by atoms with E-state index in [1.807, 2.05) is 0 Å². The Morgan fingerprint density at radius 1 is 1.25 bits per heavy atom. The van der Waals surface area contributed by atoms with Gasteiger partial charge in [0.15, 0.2) is 6.10 Å². The number of rotatable bonds is 3. The molecule has 1 spiro atoms. The van der Waals surface area contributed by atoms with Gasteiger partial charge in [-0.15, -0.1) is 0 Å². The highest BCUT2D eigenvalue weighted by atomic mass is 16.5. The molecule has 0 radical (unpaired) electrons. The Morgan fingerprint density at radius 3 is 2.80 bits per heavy atom. The van der Waals surface area contributed by atoms with Crippen LogP contribution in [-0.4, -0.2) is 60.0 Å². The second-order valence-corrected chi connectivity index (χ2v) is 6.48. The van der Waals surface area contributed by atoms with Crippen LogP contribution in [0.15, 0.2) is 0 Å². The molecular formula is C15H25NO4. The van der Waals surface area contributed by atoms with E-state index in [2.05, 4.69) is 4.90 Å². The van der Waals surface area contributed by atoms with Crippen LogP contribution in [0.5, 0.6) is 0 Å². The van der Waals surface area contributed by atoms with E-state index in [0.717, 1.165) is 19.5 Å². The summed E-state index contributed by atoms with van der Waals surface area (Å²) in [7, 11) is 0. The van der Waals surface area contributed by atoms with Gasteiger partial charge < -0.3 is 14.6 Å². The fourth-order valence-electron chi connectivity index (χ4n) is 3.89. The Kier molecular flexibility index (Phi) is 4.29. The quantitative estimate of drug-likeness (QED) is 0.853. The molecule has 1 N–H and O–H groups in total. The fraction of sp³-hybridized carbons (Fsp3) is 0.933. The van der Waals surface area contributed by atoms with Gasteiger partial charge in [0.1, 0.15) is 0 Å². The summed E-state index contributed by atoms with van der Waals surface area (Å²) in [6.45, 7) is 2.67. The van der Waals surface area contributed by atoms with Gasteiger partial charge in [-0.05, 0) is 25.7 Å². The predicted octanol–water partition coefficient (Wildman–Crippen LogP) is 1.65. The second kappa shape index (κ2) is 6.00. The lowest BCUT2D eigenvalue weighted by Crippen LogP contribution is -2.48. The molecule has 20 heavy (non-hydrogen) atoms. The molecule has 0 aromatic rings. The van der Waals surface area contributed by atoms with Gasteiger partial charge in [-0.1, -0.05) is 19.3 Å². The van der Waals surface area contributed by atoms with E-state index < -0.39 is 12.1 Å². The first-order valence-corrected chi connectivity index (χ1v) is 7.91. The third kappa shape index (κ3) is 3.15. The van der Waals surface area contributed by atoms with Gasteiger partial charge in [0.25, 0.3) is 0 Å². The van der Waals surface area contributed by atoms with Gasteiger partial charge in [0.05, 0.1) is 18.3 Å². The smallest absolute Gasteiger partial charge is 0.334 e. The minimum atomic E-state index is -0.856. The molecule has 2 unspecified atom stereocenters. The van der Waals surface area contributed by atoms with Crippen LogP contribution < -0.4 is 0 Å². The van der Waals surface area contributed by atoms with Crippen molar-refractivity contribution in [2.45, 2.75) is 62.8 Å². The van der Waals surface area contributed by atoms with Gasteiger partial charge in [0, 0.05) is 19.6 Å². The van der Waals surface area contributed by atoms with Gasteiger partial charge >= 0.3 is 5.97 Å². The normalized spacial score (nSPS) is 34.4. The Morgan fingerprint density at radius 2 is 2.05 bits per heavy atom. The van der Waals surface area contributed by atoms with Crippen molar-refractivity contribution in [2.24, 2.45) is 0 Å². The van der Waals surface area contributed by atoms with Gasteiger partial charge in [-0.3, -0.25) is 4.90 Å². The van der Waals surface area contributed by atoms with Crippen LogP contribution in [0, 0.1) is 0 Å². The van der Waals surface area contributed by atoms with Crippen molar-refractivity contribution < 1.29 is 19.4 Å². The molecule has 3 fully saturated rings. The maximum atomic E-state index is 11.0. The molecule has 3 aliphatic rings. The highest BCUT2D eigenvalue weighted by Crippen LogP contribution is 2.42. The van der Waals surface area contributed by atoms with E-state index >= 15 is 0 Å². The van der Waals surface area contributed by atoms with E-state index in [4.69, 9.17) is 14.6 Å². The molecule has 2 saturated heterocycles. The van der Waals surface area contributed by atoms with Crippen LogP contribution >= 0.6 is 0 Å². The van der Waals surface area contributed by atoms with Crippen molar-refractivity contribution in [3.8, 4) is 0 Å². The fourth-order valence-corrected chi connectivity index (χ4v) is 3.89. The third-order valence-electron chi connectivity index (χ3n) is 4.99. The molecule has 1 saturated carbocycles. The summed E-state index contributed by atoms with van der Waals surface area (Å²) in [4.78, 5) is 13.2. The summed E-state index contributed by atoms with van der Waals surface area (Å²) >= 11 is 0. The number of morpholine rings is 1. The van der Waals surface area contributed by atoms with Crippen LogP contribution in [0.1, 0.15) is 44.9 Å². The Hall–Kier alpha value is -0.650. The molecule has 5 nitrogen and oxygen atoms in total. The summed E-state index contributed by atoms with van der Waals surface area (Å²) in [5, 5.41) is 9.03. The largest absolute Gasteiger partial charge is 0.479 e. The predicted molar refractivity (Wildman–Crippen MR) is 73.7 cm³/mol. The molecule has 114 valence electrons. The topological polar surface area (TPSA) is 59.0 Å². The third-order valence-corrected chi connectivity index (χ3v) is 4.99. The molecule has 0 amide bonds. The van der Waals surface area contributed by atoms with E-state index in [1.54, 1.807) is 0 Å². The first-order valence-electron chi connectivity index (χ1n) is 7.91.